The van der Waals surface area contributed by atoms with Gasteiger partial charge in [0.1, 0.15) is 5.01 Å². The Labute approximate surface area is 121 Å². The van der Waals surface area contributed by atoms with Gasteiger partial charge in [0.25, 0.3) is 0 Å². The maximum absolute atomic E-state index is 4.71. The number of hydrogen-bond acceptors (Lipinski definition) is 4. The fourth-order valence-electron chi connectivity index (χ4n) is 2.43. The standard InChI is InChI=1S/C15H27N3S/c1-12(2)7-16-8-15-17-14(11-19-15)10-18(3)9-13-5-4-6-13/h11-13,16H,4-10H2,1-3H3. The molecule has 0 saturated heterocycles. The second-order valence-electron chi connectivity index (χ2n) is 6.25. The minimum atomic E-state index is 0.702. The van der Waals surface area contributed by atoms with Crippen molar-refractivity contribution in [2.24, 2.45) is 11.8 Å². The van der Waals surface area contributed by atoms with Gasteiger partial charge in [-0.3, -0.25) is 0 Å². The summed E-state index contributed by atoms with van der Waals surface area (Å²) in [5.41, 5.74) is 1.23. The lowest BCUT2D eigenvalue weighted by Crippen LogP contribution is -2.29. The molecule has 4 heteroatoms. The van der Waals surface area contributed by atoms with E-state index in [-0.39, 0.29) is 0 Å². The number of rotatable bonds is 8. The summed E-state index contributed by atoms with van der Waals surface area (Å²) in [6.45, 7) is 8.67. The molecule has 1 aliphatic rings. The summed E-state index contributed by atoms with van der Waals surface area (Å²) < 4.78 is 0. The molecule has 1 heterocycles. The third kappa shape index (κ3) is 5.21. The van der Waals surface area contributed by atoms with Gasteiger partial charge in [0.2, 0.25) is 0 Å². The normalized spacial score (nSPS) is 16.3. The van der Waals surface area contributed by atoms with Crippen molar-refractivity contribution in [1.29, 1.82) is 0 Å². The predicted molar refractivity (Wildman–Crippen MR) is 82.3 cm³/mol. The molecule has 1 aromatic heterocycles. The number of hydrogen-bond donors (Lipinski definition) is 1. The van der Waals surface area contributed by atoms with Crippen LogP contribution in [-0.2, 0) is 13.1 Å². The molecule has 0 aliphatic heterocycles. The van der Waals surface area contributed by atoms with Crippen molar-refractivity contribution in [2.45, 2.75) is 46.2 Å². The molecule has 1 fully saturated rings. The molecule has 0 spiro atoms. The second-order valence-corrected chi connectivity index (χ2v) is 7.19. The first-order valence-electron chi connectivity index (χ1n) is 7.46. The molecule has 1 N–H and O–H groups in total. The number of nitrogens with zero attached hydrogens (tertiary/aromatic N) is 2. The Morgan fingerprint density at radius 3 is 2.89 bits per heavy atom. The van der Waals surface area contributed by atoms with Crippen LogP contribution in [0.15, 0.2) is 5.38 Å². The molecular formula is C15H27N3S. The van der Waals surface area contributed by atoms with Gasteiger partial charge in [-0.1, -0.05) is 20.3 Å². The van der Waals surface area contributed by atoms with Crippen LogP contribution in [0.5, 0.6) is 0 Å². The van der Waals surface area contributed by atoms with E-state index < -0.39 is 0 Å². The van der Waals surface area contributed by atoms with Crippen LogP contribution in [0.25, 0.3) is 0 Å². The summed E-state index contributed by atoms with van der Waals surface area (Å²) in [6, 6.07) is 0. The van der Waals surface area contributed by atoms with E-state index in [1.165, 1.54) is 36.5 Å². The van der Waals surface area contributed by atoms with E-state index in [9.17, 15) is 0 Å². The zero-order valence-electron chi connectivity index (χ0n) is 12.5. The van der Waals surface area contributed by atoms with E-state index >= 15 is 0 Å². The van der Waals surface area contributed by atoms with Crippen LogP contribution in [0.4, 0.5) is 0 Å². The summed E-state index contributed by atoms with van der Waals surface area (Å²) in [5.74, 6) is 1.64. The van der Waals surface area contributed by atoms with Gasteiger partial charge < -0.3 is 10.2 Å². The number of nitrogens with one attached hydrogen (secondary N) is 1. The van der Waals surface area contributed by atoms with Crippen LogP contribution in [0.1, 0.15) is 43.8 Å². The van der Waals surface area contributed by atoms with Gasteiger partial charge in [0.05, 0.1) is 5.69 Å². The first-order valence-corrected chi connectivity index (χ1v) is 8.34. The maximum Gasteiger partial charge on any atom is 0.107 e. The SMILES string of the molecule is CC(C)CNCc1nc(CN(C)CC2CCC2)cs1. The highest BCUT2D eigenvalue weighted by molar-refractivity contribution is 7.09. The van der Waals surface area contributed by atoms with Crippen molar-refractivity contribution in [3.8, 4) is 0 Å². The lowest BCUT2D eigenvalue weighted by molar-refractivity contribution is 0.199. The van der Waals surface area contributed by atoms with E-state index in [1.807, 2.05) is 0 Å². The lowest BCUT2D eigenvalue weighted by Gasteiger charge is -2.29. The Morgan fingerprint density at radius 2 is 2.26 bits per heavy atom. The molecule has 1 saturated carbocycles. The van der Waals surface area contributed by atoms with Gasteiger partial charge in [-0.15, -0.1) is 11.3 Å². The van der Waals surface area contributed by atoms with Crippen LogP contribution < -0.4 is 5.32 Å². The second kappa shape index (κ2) is 7.36. The van der Waals surface area contributed by atoms with Crippen LogP contribution in [-0.4, -0.2) is 30.0 Å². The lowest BCUT2D eigenvalue weighted by atomic mass is 9.85. The number of thiazole rings is 1. The maximum atomic E-state index is 4.71. The van der Waals surface area contributed by atoms with Crippen molar-refractivity contribution in [3.05, 3.63) is 16.1 Å². The van der Waals surface area contributed by atoms with Gasteiger partial charge >= 0.3 is 0 Å². The zero-order chi connectivity index (χ0) is 13.7. The third-order valence-electron chi connectivity index (χ3n) is 3.65. The zero-order valence-corrected chi connectivity index (χ0v) is 13.3. The van der Waals surface area contributed by atoms with E-state index in [0.717, 1.165) is 25.6 Å². The smallest absolute Gasteiger partial charge is 0.107 e. The summed E-state index contributed by atoms with van der Waals surface area (Å²) in [7, 11) is 2.22. The minimum Gasteiger partial charge on any atom is -0.310 e. The van der Waals surface area contributed by atoms with Crippen molar-refractivity contribution >= 4 is 11.3 Å². The molecule has 3 nitrogen and oxygen atoms in total. The molecule has 0 atom stereocenters. The van der Waals surface area contributed by atoms with E-state index in [0.29, 0.717) is 5.92 Å². The summed E-state index contributed by atoms with van der Waals surface area (Å²) >= 11 is 1.78. The fraction of sp³-hybridized carbons (Fsp3) is 0.800. The highest BCUT2D eigenvalue weighted by Crippen LogP contribution is 2.27. The summed E-state index contributed by atoms with van der Waals surface area (Å²) in [4.78, 5) is 7.13. The summed E-state index contributed by atoms with van der Waals surface area (Å²) in [6.07, 6.45) is 4.28. The third-order valence-corrected chi connectivity index (χ3v) is 4.55. The quantitative estimate of drug-likeness (QED) is 0.793. The van der Waals surface area contributed by atoms with Crippen molar-refractivity contribution in [1.82, 2.24) is 15.2 Å². The average molecular weight is 281 g/mol. The van der Waals surface area contributed by atoms with Crippen LogP contribution in [0.2, 0.25) is 0 Å². The molecule has 1 aromatic rings. The molecule has 108 valence electrons. The van der Waals surface area contributed by atoms with Gasteiger partial charge in [-0.05, 0) is 38.3 Å². The average Bonchev–Trinajstić information content (AvgIpc) is 2.71. The Hall–Kier alpha value is -0.450. The van der Waals surface area contributed by atoms with Crippen molar-refractivity contribution in [2.75, 3.05) is 20.1 Å². The Morgan fingerprint density at radius 1 is 1.47 bits per heavy atom. The van der Waals surface area contributed by atoms with Gasteiger partial charge in [0, 0.05) is 25.0 Å². The molecule has 0 aromatic carbocycles. The predicted octanol–water partition coefficient (Wildman–Crippen LogP) is 3.12. The molecule has 0 bridgehead atoms. The molecule has 19 heavy (non-hydrogen) atoms. The number of aromatic nitrogens is 1. The Balaban J connectivity index is 1.70. The topological polar surface area (TPSA) is 28.2 Å². The Bertz CT molecular complexity index is 371. The monoisotopic (exact) mass is 281 g/mol. The first-order chi connectivity index (χ1) is 9.13. The molecule has 0 amide bonds. The first kappa shape index (κ1) is 14.9. The van der Waals surface area contributed by atoms with Crippen LogP contribution in [0.3, 0.4) is 0 Å². The Kier molecular flexibility index (Phi) is 5.79. The molecule has 2 rings (SSSR count). The fourth-order valence-corrected chi connectivity index (χ4v) is 3.18. The molecule has 1 aliphatic carbocycles. The molecular weight excluding hydrogens is 254 g/mol. The highest BCUT2D eigenvalue weighted by atomic mass is 32.1. The van der Waals surface area contributed by atoms with E-state index in [4.69, 9.17) is 4.98 Å². The van der Waals surface area contributed by atoms with E-state index in [2.05, 4.69) is 36.5 Å². The van der Waals surface area contributed by atoms with E-state index in [1.54, 1.807) is 11.3 Å². The molecule has 0 unspecified atom stereocenters. The molecule has 0 radical (unpaired) electrons. The van der Waals surface area contributed by atoms with Gasteiger partial charge in [0.15, 0.2) is 0 Å². The largest absolute Gasteiger partial charge is 0.310 e. The minimum absolute atomic E-state index is 0.702. The van der Waals surface area contributed by atoms with Crippen LogP contribution >= 0.6 is 11.3 Å². The van der Waals surface area contributed by atoms with Gasteiger partial charge in [-0.25, -0.2) is 4.98 Å². The van der Waals surface area contributed by atoms with Gasteiger partial charge in [-0.2, -0.15) is 0 Å². The highest BCUT2D eigenvalue weighted by Gasteiger charge is 2.19. The van der Waals surface area contributed by atoms with Crippen molar-refractivity contribution < 1.29 is 0 Å². The summed E-state index contributed by atoms with van der Waals surface area (Å²) in [5, 5.41) is 6.88. The van der Waals surface area contributed by atoms with Crippen molar-refractivity contribution in [3.63, 3.8) is 0 Å². The van der Waals surface area contributed by atoms with Crippen LogP contribution in [0, 0.1) is 11.8 Å².